The molecule has 1 aromatic carbocycles. The zero-order valence-corrected chi connectivity index (χ0v) is 10.9. The summed E-state index contributed by atoms with van der Waals surface area (Å²) in [5.41, 5.74) is 2.64. The Bertz CT molecular complexity index is 293. The molecule has 0 saturated carbocycles. The largest absolute Gasteiger partial charge is 0.382 e. The van der Waals surface area contributed by atoms with Crippen LogP contribution in [0.1, 0.15) is 51.5 Å². The molecule has 0 fully saturated rings. The van der Waals surface area contributed by atoms with E-state index >= 15 is 0 Å². The Hall–Kier alpha value is -0.980. The van der Waals surface area contributed by atoms with Crippen molar-refractivity contribution in [2.75, 3.05) is 5.32 Å². The number of aryl methyl sites for hydroxylation is 1. The van der Waals surface area contributed by atoms with Crippen LogP contribution in [0.4, 0.5) is 5.69 Å². The van der Waals surface area contributed by atoms with E-state index in [-0.39, 0.29) is 0 Å². The molecule has 0 unspecified atom stereocenters. The molecule has 1 atom stereocenters. The molecule has 0 aromatic heterocycles. The summed E-state index contributed by atoms with van der Waals surface area (Å²) in [5, 5.41) is 3.66. The van der Waals surface area contributed by atoms with Gasteiger partial charge in [0.25, 0.3) is 0 Å². The van der Waals surface area contributed by atoms with Gasteiger partial charge in [0.05, 0.1) is 0 Å². The van der Waals surface area contributed by atoms with E-state index in [0.717, 1.165) is 0 Å². The van der Waals surface area contributed by atoms with E-state index in [2.05, 4.69) is 50.4 Å². The summed E-state index contributed by atoms with van der Waals surface area (Å²) >= 11 is 0. The van der Waals surface area contributed by atoms with Gasteiger partial charge in [-0.25, -0.2) is 0 Å². The minimum Gasteiger partial charge on any atom is -0.382 e. The smallest absolute Gasteiger partial charge is 0.0372 e. The molecule has 0 aliphatic heterocycles. The van der Waals surface area contributed by atoms with Crippen molar-refractivity contribution in [2.24, 2.45) is 0 Å². The highest BCUT2D eigenvalue weighted by molar-refractivity contribution is 5.50. The quantitative estimate of drug-likeness (QED) is 0.652. The molecule has 0 heterocycles. The van der Waals surface area contributed by atoms with Crippen molar-refractivity contribution in [3.8, 4) is 0 Å². The van der Waals surface area contributed by atoms with Crippen LogP contribution in [0.25, 0.3) is 0 Å². The van der Waals surface area contributed by atoms with Crippen LogP contribution < -0.4 is 5.32 Å². The molecular weight excluding hydrogens is 194 g/mol. The van der Waals surface area contributed by atoms with Gasteiger partial charge in [-0.15, -0.1) is 0 Å². The van der Waals surface area contributed by atoms with E-state index in [1.807, 2.05) is 0 Å². The van der Waals surface area contributed by atoms with Gasteiger partial charge in [-0.05, 0) is 31.4 Å². The molecule has 0 aliphatic rings. The predicted octanol–water partition coefficient (Wildman–Crippen LogP) is 4.77. The Labute approximate surface area is 100 Å². The summed E-state index contributed by atoms with van der Waals surface area (Å²) in [6.07, 6.45) is 6.50. The van der Waals surface area contributed by atoms with Crippen molar-refractivity contribution in [3.63, 3.8) is 0 Å². The van der Waals surface area contributed by atoms with Crippen molar-refractivity contribution in [1.29, 1.82) is 0 Å². The summed E-state index contributed by atoms with van der Waals surface area (Å²) in [5.74, 6) is 0. The van der Waals surface area contributed by atoms with Crippen molar-refractivity contribution < 1.29 is 0 Å². The minimum atomic E-state index is 0.632. The highest BCUT2D eigenvalue weighted by Crippen LogP contribution is 2.17. The standard InChI is InChI=1S/C15H25N/c1-4-6-7-11-14(5-2)16-15-12-9-8-10-13(15)3/h8-10,12,14,16H,4-7,11H2,1-3H3/t14-/m0/s1. The van der Waals surface area contributed by atoms with Gasteiger partial charge in [-0.2, -0.15) is 0 Å². The summed E-state index contributed by atoms with van der Waals surface area (Å²) in [7, 11) is 0. The molecule has 0 spiro atoms. The fraction of sp³-hybridized carbons (Fsp3) is 0.600. The number of anilines is 1. The lowest BCUT2D eigenvalue weighted by Crippen LogP contribution is -2.18. The Morgan fingerprint density at radius 1 is 1.12 bits per heavy atom. The highest BCUT2D eigenvalue weighted by Gasteiger charge is 2.06. The van der Waals surface area contributed by atoms with Crippen LogP contribution in [0, 0.1) is 6.92 Å². The first-order valence-corrected chi connectivity index (χ1v) is 6.60. The van der Waals surface area contributed by atoms with Crippen LogP contribution in [0.3, 0.4) is 0 Å². The van der Waals surface area contributed by atoms with Gasteiger partial charge < -0.3 is 5.32 Å². The number of para-hydroxylation sites is 1. The topological polar surface area (TPSA) is 12.0 Å². The molecule has 0 bridgehead atoms. The third-order valence-electron chi connectivity index (χ3n) is 3.15. The Balaban J connectivity index is 2.46. The maximum Gasteiger partial charge on any atom is 0.0372 e. The molecule has 0 radical (unpaired) electrons. The number of unbranched alkanes of at least 4 members (excludes halogenated alkanes) is 2. The van der Waals surface area contributed by atoms with Crippen LogP contribution in [0.5, 0.6) is 0 Å². The molecule has 16 heavy (non-hydrogen) atoms. The van der Waals surface area contributed by atoms with E-state index in [4.69, 9.17) is 0 Å². The van der Waals surface area contributed by atoms with Crippen LogP contribution in [0.2, 0.25) is 0 Å². The first-order valence-electron chi connectivity index (χ1n) is 6.60. The molecule has 1 aromatic rings. The summed E-state index contributed by atoms with van der Waals surface area (Å²) in [6.45, 7) is 6.69. The average molecular weight is 219 g/mol. The SMILES string of the molecule is CCCCC[C@H](CC)Nc1ccccc1C. The average Bonchev–Trinajstić information content (AvgIpc) is 2.30. The van der Waals surface area contributed by atoms with Gasteiger partial charge >= 0.3 is 0 Å². The van der Waals surface area contributed by atoms with Crippen LogP contribution in [-0.2, 0) is 0 Å². The Morgan fingerprint density at radius 3 is 2.50 bits per heavy atom. The zero-order valence-electron chi connectivity index (χ0n) is 10.9. The lowest BCUT2D eigenvalue weighted by Gasteiger charge is -2.19. The number of hydrogen-bond acceptors (Lipinski definition) is 1. The number of hydrogen-bond donors (Lipinski definition) is 1. The second-order valence-corrected chi connectivity index (χ2v) is 4.56. The number of nitrogens with one attached hydrogen (secondary N) is 1. The molecule has 90 valence electrons. The van der Waals surface area contributed by atoms with Crippen LogP contribution in [-0.4, -0.2) is 6.04 Å². The lowest BCUT2D eigenvalue weighted by molar-refractivity contribution is 0.574. The van der Waals surface area contributed by atoms with Crippen LogP contribution >= 0.6 is 0 Å². The van der Waals surface area contributed by atoms with E-state index < -0.39 is 0 Å². The molecule has 0 aliphatic carbocycles. The molecule has 1 heteroatoms. The normalized spacial score (nSPS) is 12.4. The molecule has 1 rings (SSSR count). The summed E-state index contributed by atoms with van der Waals surface area (Å²) in [4.78, 5) is 0. The second kappa shape index (κ2) is 7.32. The monoisotopic (exact) mass is 219 g/mol. The molecular formula is C15H25N. The fourth-order valence-electron chi connectivity index (χ4n) is 1.97. The van der Waals surface area contributed by atoms with Crippen LogP contribution in [0.15, 0.2) is 24.3 Å². The summed E-state index contributed by atoms with van der Waals surface area (Å²) in [6, 6.07) is 9.18. The van der Waals surface area contributed by atoms with Crippen molar-refractivity contribution >= 4 is 5.69 Å². The molecule has 0 saturated heterocycles. The Morgan fingerprint density at radius 2 is 1.88 bits per heavy atom. The van der Waals surface area contributed by atoms with E-state index in [1.165, 1.54) is 43.4 Å². The van der Waals surface area contributed by atoms with E-state index in [0.29, 0.717) is 6.04 Å². The third kappa shape index (κ3) is 4.26. The number of rotatable bonds is 7. The van der Waals surface area contributed by atoms with Crippen molar-refractivity contribution in [3.05, 3.63) is 29.8 Å². The second-order valence-electron chi connectivity index (χ2n) is 4.56. The van der Waals surface area contributed by atoms with Gasteiger partial charge in [0, 0.05) is 11.7 Å². The highest BCUT2D eigenvalue weighted by atomic mass is 14.9. The predicted molar refractivity (Wildman–Crippen MR) is 73.0 cm³/mol. The zero-order chi connectivity index (χ0) is 11.8. The van der Waals surface area contributed by atoms with Crippen molar-refractivity contribution in [2.45, 2.75) is 58.9 Å². The fourth-order valence-corrected chi connectivity index (χ4v) is 1.97. The van der Waals surface area contributed by atoms with Gasteiger partial charge in [-0.3, -0.25) is 0 Å². The van der Waals surface area contributed by atoms with E-state index in [9.17, 15) is 0 Å². The first-order chi connectivity index (χ1) is 7.77. The molecule has 1 N–H and O–H groups in total. The number of benzene rings is 1. The summed E-state index contributed by atoms with van der Waals surface area (Å²) < 4.78 is 0. The minimum absolute atomic E-state index is 0.632. The van der Waals surface area contributed by atoms with E-state index in [1.54, 1.807) is 0 Å². The third-order valence-corrected chi connectivity index (χ3v) is 3.15. The molecule has 0 amide bonds. The lowest BCUT2D eigenvalue weighted by atomic mass is 10.1. The maximum absolute atomic E-state index is 3.66. The first kappa shape index (κ1) is 13.1. The maximum atomic E-state index is 3.66. The van der Waals surface area contributed by atoms with Gasteiger partial charge in [-0.1, -0.05) is 51.3 Å². The van der Waals surface area contributed by atoms with Gasteiger partial charge in [0.15, 0.2) is 0 Å². The van der Waals surface area contributed by atoms with Gasteiger partial charge in [0.2, 0.25) is 0 Å². The van der Waals surface area contributed by atoms with Gasteiger partial charge in [0.1, 0.15) is 0 Å². The molecule has 1 nitrogen and oxygen atoms in total. The van der Waals surface area contributed by atoms with Crippen molar-refractivity contribution in [1.82, 2.24) is 0 Å². The Kier molecular flexibility index (Phi) is 5.99.